The first-order chi connectivity index (χ1) is 11.2. The Bertz CT molecular complexity index is 568. The molecular formula is C14H16F5N3O2. The van der Waals surface area contributed by atoms with Crippen molar-refractivity contribution >= 4 is 6.03 Å². The van der Waals surface area contributed by atoms with Crippen LogP contribution in [0, 0.1) is 5.92 Å². The van der Waals surface area contributed by atoms with E-state index in [-0.39, 0.29) is 31.7 Å². The fourth-order valence-corrected chi connectivity index (χ4v) is 2.54. The third-order valence-electron chi connectivity index (χ3n) is 3.69. The van der Waals surface area contributed by atoms with Gasteiger partial charge in [0.15, 0.2) is 0 Å². The molecule has 2 atom stereocenters. The Kier molecular flexibility index (Phi) is 5.79. The topological polar surface area (TPSA) is 63.2 Å². The van der Waals surface area contributed by atoms with E-state index < -0.39 is 30.8 Å². The molecule has 1 aromatic rings. The largest absolute Gasteiger partial charge is 0.417 e. The normalized spacial score (nSPS) is 20.9. The van der Waals surface area contributed by atoms with Gasteiger partial charge in [0, 0.05) is 24.8 Å². The molecule has 2 N–H and O–H groups in total. The van der Waals surface area contributed by atoms with E-state index in [0.717, 1.165) is 0 Å². The minimum absolute atomic E-state index is 0.00334. The van der Waals surface area contributed by atoms with Crippen LogP contribution in [0.5, 0.6) is 5.88 Å². The maximum atomic E-state index is 12.6. The summed E-state index contributed by atoms with van der Waals surface area (Å²) in [4.78, 5) is 15.3. The molecule has 2 rings (SSSR count). The van der Waals surface area contributed by atoms with E-state index in [4.69, 9.17) is 0 Å². The summed E-state index contributed by atoms with van der Waals surface area (Å²) in [6.45, 7) is -3.00. The second-order valence-corrected chi connectivity index (χ2v) is 5.46. The van der Waals surface area contributed by atoms with Crippen molar-refractivity contribution in [2.45, 2.75) is 44.6 Å². The summed E-state index contributed by atoms with van der Waals surface area (Å²) in [5, 5.41) is 4.94. The second-order valence-electron chi connectivity index (χ2n) is 5.46. The molecular weight excluding hydrogens is 337 g/mol. The number of nitrogens with one attached hydrogen (secondary N) is 2. The molecule has 0 unspecified atom stereocenters. The van der Waals surface area contributed by atoms with Crippen molar-refractivity contribution in [2.75, 3.05) is 0 Å². The molecule has 1 aromatic heterocycles. The van der Waals surface area contributed by atoms with Gasteiger partial charge in [-0.2, -0.15) is 22.0 Å². The first-order valence-corrected chi connectivity index (χ1v) is 7.25. The summed E-state index contributed by atoms with van der Waals surface area (Å²) in [7, 11) is 0. The number of hydrogen-bond donors (Lipinski definition) is 2. The summed E-state index contributed by atoms with van der Waals surface area (Å²) in [5.74, 6) is -1.68. The van der Waals surface area contributed by atoms with Crippen LogP contribution in [0.2, 0.25) is 0 Å². The maximum Gasteiger partial charge on any atom is 0.391 e. The Hall–Kier alpha value is -2.13. The average Bonchev–Trinajstić information content (AvgIpc) is 2.93. The van der Waals surface area contributed by atoms with Crippen molar-refractivity contribution < 1.29 is 31.5 Å². The molecule has 0 radical (unpaired) electrons. The lowest BCUT2D eigenvalue weighted by Gasteiger charge is -2.16. The summed E-state index contributed by atoms with van der Waals surface area (Å²) in [5.41, 5.74) is 0.468. The SMILES string of the molecule is O=C(NCc1ccnc(OC(F)F)c1)N[C@H]1CC[C@H](C(F)(F)F)C1. The Morgan fingerprint density at radius 3 is 2.75 bits per heavy atom. The number of hydrogen-bond acceptors (Lipinski definition) is 3. The molecule has 1 heterocycles. The smallest absolute Gasteiger partial charge is 0.391 e. The van der Waals surface area contributed by atoms with Crippen LogP contribution in [-0.4, -0.2) is 29.8 Å². The molecule has 1 saturated carbocycles. The molecule has 1 aliphatic carbocycles. The molecule has 0 spiro atoms. The number of carbonyl (C=O) groups excluding carboxylic acids is 1. The Balaban J connectivity index is 1.78. The third kappa shape index (κ3) is 5.50. The van der Waals surface area contributed by atoms with Gasteiger partial charge in [-0.05, 0) is 30.9 Å². The van der Waals surface area contributed by atoms with Gasteiger partial charge in [-0.3, -0.25) is 0 Å². The molecule has 0 saturated heterocycles. The van der Waals surface area contributed by atoms with Gasteiger partial charge in [0.2, 0.25) is 5.88 Å². The number of carbonyl (C=O) groups is 1. The molecule has 2 amide bonds. The maximum absolute atomic E-state index is 12.6. The highest BCUT2D eigenvalue weighted by atomic mass is 19.4. The molecule has 0 bridgehead atoms. The van der Waals surface area contributed by atoms with Crippen molar-refractivity contribution in [3.05, 3.63) is 23.9 Å². The van der Waals surface area contributed by atoms with Crippen molar-refractivity contribution in [1.82, 2.24) is 15.6 Å². The highest BCUT2D eigenvalue weighted by molar-refractivity contribution is 5.74. The zero-order valence-corrected chi connectivity index (χ0v) is 12.4. The van der Waals surface area contributed by atoms with Gasteiger partial charge in [-0.1, -0.05) is 0 Å². The zero-order valence-electron chi connectivity index (χ0n) is 12.4. The number of pyridine rings is 1. The summed E-state index contributed by atoms with van der Waals surface area (Å²) >= 11 is 0. The Morgan fingerprint density at radius 1 is 1.38 bits per heavy atom. The number of rotatable bonds is 5. The van der Waals surface area contributed by atoms with Gasteiger partial charge in [-0.25, -0.2) is 9.78 Å². The Labute approximate surface area is 134 Å². The third-order valence-corrected chi connectivity index (χ3v) is 3.69. The van der Waals surface area contributed by atoms with Crippen LogP contribution in [0.1, 0.15) is 24.8 Å². The minimum atomic E-state index is -4.24. The number of aromatic nitrogens is 1. The number of urea groups is 1. The first kappa shape index (κ1) is 18.2. The van der Waals surface area contributed by atoms with E-state index in [0.29, 0.717) is 5.56 Å². The molecule has 24 heavy (non-hydrogen) atoms. The monoisotopic (exact) mass is 353 g/mol. The number of ether oxygens (including phenoxy) is 1. The van der Waals surface area contributed by atoms with E-state index in [9.17, 15) is 26.7 Å². The van der Waals surface area contributed by atoms with Crippen LogP contribution in [0.3, 0.4) is 0 Å². The van der Waals surface area contributed by atoms with Crippen molar-refractivity contribution in [2.24, 2.45) is 5.92 Å². The van der Waals surface area contributed by atoms with E-state index in [1.54, 1.807) is 0 Å². The van der Waals surface area contributed by atoms with Crippen LogP contribution in [-0.2, 0) is 6.54 Å². The van der Waals surface area contributed by atoms with Gasteiger partial charge < -0.3 is 15.4 Å². The van der Waals surface area contributed by atoms with Crippen LogP contribution in [0.15, 0.2) is 18.3 Å². The van der Waals surface area contributed by atoms with Gasteiger partial charge in [0.1, 0.15) is 0 Å². The highest BCUT2D eigenvalue weighted by Gasteiger charge is 2.44. The summed E-state index contributed by atoms with van der Waals surface area (Å²) < 4.78 is 66.0. The first-order valence-electron chi connectivity index (χ1n) is 7.25. The lowest BCUT2D eigenvalue weighted by atomic mass is 10.1. The van der Waals surface area contributed by atoms with E-state index in [2.05, 4.69) is 20.4 Å². The fourth-order valence-electron chi connectivity index (χ4n) is 2.54. The quantitative estimate of drug-likeness (QED) is 0.799. The lowest BCUT2D eigenvalue weighted by Crippen LogP contribution is -2.41. The predicted octanol–water partition coefficient (Wildman–Crippen LogP) is 3.21. The van der Waals surface area contributed by atoms with E-state index >= 15 is 0 Å². The molecule has 134 valence electrons. The predicted molar refractivity (Wildman–Crippen MR) is 73.4 cm³/mol. The molecule has 5 nitrogen and oxygen atoms in total. The van der Waals surface area contributed by atoms with Crippen LogP contribution in [0.25, 0.3) is 0 Å². The van der Waals surface area contributed by atoms with Crippen molar-refractivity contribution in [1.29, 1.82) is 0 Å². The molecule has 1 fully saturated rings. The van der Waals surface area contributed by atoms with Crippen LogP contribution < -0.4 is 15.4 Å². The number of nitrogens with zero attached hydrogens (tertiary/aromatic N) is 1. The van der Waals surface area contributed by atoms with Gasteiger partial charge >= 0.3 is 18.8 Å². The number of alkyl halides is 5. The fraction of sp³-hybridized carbons (Fsp3) is 0.571. The van der Waals surface area contributed by atoms with Crippen LogP contribution >= 0.6 is 0 Å². The van der Waals surface area contributed by atoms with E-state index in [1.165, 1.54) is 18.3 Å². The number of halogens is 5. The molecule has 0 aromatic carbocycles. The summed E-state index contributed by atoms with van der Waals surface area (Å²) in [6.07, 6.45) is -2.88. The van der Waals surface area contributed by atoms with Crippen molar-refractivity contribution in [3.8, 4) is 5.88 Å². The average molecular weight is 353 g/mol. The molecule has 0 aliphatic heterocycles. The van der Waals surface area contributed by atoms with Crippen LogP contribution in [0.4, 0.5) is 26.7 Å². The van der Waals surface area contributed by atoms with Gasteiger partial charge in [-0.15, -0.1) is 0 Å². The standard InChI is InChI=1S/C14H16F5N3O2/c15-12(16)24-11-5-8(3-4-20-11)7-21-13(23)22-10-2-1-9(6-10)14(17,18)19/h3-5,9-10,12H,1-2,6-7H2,(H2,21,22,23)/t9-,10-/m0/s1. The molecule has 10 heteroatoms. The second kappa shape index (κ2) is 7.63. The highest BCUT2D eigenvalue weighted by Crippen LogP contribution is 2.38. The number of amides is 2. The minimum Gasteiger partial charge on any atom is -0.417 e. The van der Waals surface area contributed by atoms with E-state index in [1.807, 2.05) is 0 Å². The van der Waals surface area contributed by atoms with Crippen molar-refractivity contribution in [3.63, 3.8) is 0 Å². The zero-order chi connectivity index (χ0) is 17.7. The summed E-state index contributed by atoms with van der Waals surface area (Å²) in [6, 6.07) is 1.58. The molecule has 1 aliphatic rings. The lowest BCUT2D eigenvalue weighted by molar-refractivity contribution is -0.172. The van der Waals surface area contributed by atoms with Gasteiger partial charge in [0.05, 0.1) is 5.92 Å². The van der Waals surface area contributed by atoms with Gasteiger partial charge in [0.25, 0.3) is 0 Å². The Morgan fingerprint density at radius 2 is 2.12 bits per heavy atom.